The van der Waals surface area contributed by atoms with Gasteiger partial charge in [0, 0.05) is 42.8 Å². The molecule has 1 aliphatic heterocycles. The van der Waals surface area contributed by atoms with Crippen molar-refractivity contribution in [2.45, 2.75) is 57.0 Å². The third kappa shape index (κ3) is 8.70. The summed E-state index contributed by atoms with van der Waals surface area (Å²) >= 11 is 1.54. The fourth-order valence-electron chi connectivity index (χ4n) is 4.26. The number of likely N-dealkylation sites (tertiary alicyclic amines) is 1. The van der Waals surface area contributed by atoms with Crippen LogP contribution in [0.25, 0.3) is 16.2 Å². The zero-order valence-corrected chi connectivity index (χ0v) is 25.5. The van der Waals surface area contributed by atoms with Crippen LogP contribution in [0.15, 0.2) is 53.0 Å². The SMILES string of the molecule is CCC(C)Nc1cc(C(=O)N2CCC(NC(=O)O)CC2)nc(-c2cnn3ccsc23)n1.Cc1ccc(S(=O)(=O)O)cc1.O. The number of nitrogens with one attached hydrogen (secondary N) is 2. The first-order chi connectivity index (χ1) is 19.9. The molecule has 0 aliphatic carbocycles. The van der Waals surface area contributed by atoms with Gasteiger partial charge in [-0.25, -0.2) is 19.3 Å². The van der Waals surface area contributed by atoms with Crippen molar-refractivity contribution in [2.24, 2.45) is 0 Å². The highest BCUT2D eigenvalue weighted by molar-refractivity contribution is 7.85. The van der Waals surface area contributed by atoms with E-state index in [4.69, 9.17) is 9.66 Å². The molecule has 1 aromatic carbocycles. The molecule has 2 amide bonds. The number of amides is 2. The van der Waals surface area contributed by atoms with Gasteiger partial charge >= 0.3 is 6.09 Å². The molecule has 4 aromatic rings. The third-order valence-corrected chi connectivity index (χ3v) is 8.51. The molecule has 1 atom stereocenters. The Morgan fingerprint density at radius 1 is 1.16 bits per heavy atom. The van der Waals surface area contributed by atoms with Gasteiger partial charge in [-0.1, -0.05) is 24.6 Å². The van der Waals surface area contributed by atoms with Crippen molar-refractivity contribution < 1.29 is 33.1 Å². The van der Waals surface area contributed by atoms with Crippen LogP contribution in [0.5, 0.6) is 0 Å². The van der Waals surface area contributed by atoms with E-state index in [0.717, 1.165) is 22.4 Å². The second-order valence-corrected chi connectivity index (χ2v) is 12.2. The van der Waals surface area contributed by atoms with Crippen LogP contribution in [-0.2, 0) is 10.1 Å². The van der Waals surface area contributed by atoms with Crippen LogP contribution < -0.4 is 10.6 Å². The maximum absolute atomic E-state index is 13.2. The van der Waals surface area contributed by atoms with Crippen LogP contribution in [0.3, 0.4) is 0 Å². The van der Waals surface area contributed by atoms with E-state index < -0.39 is 16.2 Å². The number of piperidine rings is 1. The number of carboxylic acid groups (broad SMARTS) is 1. The molecule has 232 valence electrons. The second kappa shape index (κ2) is 14.4. The minimum absolute atomic E-state index is 0. The van der Waals surface area contributed by atoms with E-state index in [1.165, 1.54) is 23.5 Å². The van der Waals surface area contributed by atoms with E-state index in [-0.39, 0.29) is 28.4 Å². The molecule has 0 radical (unpaired) electrons. The maximum atomic E-state index is 13.2. The van der Waals surface area contributed by atoms with Crippen LogP contribution in [0, 0.1) is 6.92 Å². The molecule has 43 heavy (non-hydrogen) atoms. The predicted molar refractivity (Wildman–Crippen MR) is 162 cm³/mol. The van der Waals surface area contributed by atoms with Crippen LogP contribution in [0.4, 0.5) is 10.6 Å². The van der Waals surface area contributed by atoms with Gasteiger partial charge < -0.3 is 26.1 Å². The Labute approximate surface area is 252 Å². The molecule has 5 rings (SSSR count). The molecule has 3 aromatic heterocycles. The Morgan fingerprint density at radius 3 is 2.44 bits per heavy atom. The van der Waals surface area contributed by atoms with Gasteiger partial charge in [-0.15, -0.1) is 11.3 Å². The summed E-state index contributed by atoms with van der Waals surface area (Å²) < 4.78 is 31.3. The molecule has 14 nitrogen and oxygen atoms in total. The summed E-state index contributed by atoms with van der Waals surface area (Å²) in [5.74, 6) is 0.872. The molecule has 1 saturated heterocycles. The van der Waals surface area contributed by atoms with Gasteiger partial charge in [-0.3, -0.25) is 9.35 Å². The van der Waals surface area contributed by atoms with Crippen LogP contribution in [-0.4, -0.2) is 85.2 Å². The normalized spacial score (nSPS) is 14.3. The number of fused-ring (bicyclic) bond motifs is 1. The largest absolute Gasteiger partial charge is 0.465 e. The van der Waals surface area contributed by atoms with Gasteiger partial charge in [0.15, 0.2) is 5.82 Å². The fourth-order valence-corrected chi connectivity index (χ4v) is 5.53. The molecule has 0 saturated carbocycles. The fraction of sp³-hybridized carbons (Fsp3) is 0.370. The average Bonchev–Trinajstić information content (AvgIpc) is 3.57. The second-order valence-electron chi connectivity index (χ2n) is 9.93. The number of carbonyl (C=O) groups is 2. The van der Waals surface area contributed by atoms with Crippen molar-refractivity contribution in [3.05, 3.63) is 59.4 Å². The number of anilines is 1. The van der Waals surface area contributed by atoms with Crippen LogP contribution in [0.2, 0.25) is 0 Å². The van der Waals surface area contributed by atoms with E-state index in [0.29, 0.717) is 43.3 Å². The first-order valence-electron chi connectivity index (χ1n) is 13.3. The predicted octanol–water partition coefficient (Wildman–Crippen LogP) is 3.35. The van der Waals surface area contributed by atoms with Crippen molar-refractivity contribution in [1.82, 2.24) is 29.8 Å². The van der Waals surface area contributed by atoms with Gasteiger partial charge in [-0.2, -0.15) is 13.5 Å². The van der Waals surface area contributed by atoms with Crippen molar-refractivity contribution in [3.63, 3.8) is 0 Å². The Balaban J connectivity index is 0.000000357. The lowest BCUT2D eigenvalue weighted by Crippen LogP contribution is -2.46. The molecule has 0 spiro atoms. The molecule has 16 heteroatoms. The Morgan fingerprint density at radius 2 is 1.84 bits per heavy atom. The molecular formula is C27H35N7O7S2. The number of aromatic nitrogens is 4. The van der Waals surface area contributed by atoms with Crippen LogP contribution in [0.1, 0.15) is 49.2 Å². The Bertz CT molecular complexity index is 1650. The summed E-state index contributed by atoms with van der Waals surface area (Å²) in [4.78, 5) is 35.9. The van der Waals surface area contributed by atoms with Crippen LogP contribution >= 0.6 is 11.3 Å². The van der Waals surface area contributed by atoms with Crippen molar-refractivity contribution in [2.75, 3.05) is 18.4 Å². The first-order valence-corrected chi connectivity index (χ1v) is 15.7. The summed E-state index contributed by atoms with van der Waals surface area (Å²) in [5.41, 5.74) is 2.05. The quantitative estimate of drug-likeness (QED) is 0.218. The molecule has 4 heterocycles. The lowest BCUT2D eigenvalue weighted by molar-refractivity contribution is 0.0700. The zero-order valence-electron chi connectivity index (χ0n) is 23.9. The van der Waals surface area contributed by atoms with E-state index in [9.17, 15) is 18.0 Å². The molecule has 1 unspecified atom stereocenters. The first kappa shape index (κ1) is 33.4. The number of rotatable bonds is 7. The minimum atomic E-state index is -4.02. The van der Waals surface area contributed by atoms with Gasteiger partial charge in [0.25, 0.3) is 16.0 Å². The minimum Gasteiger partial charge on any atom is -0.465 e. The monoisotopic (exact) mass is 633 g/mol. The van der Waals surface area contributed by atoms with Crippen molar-refractivity contribution >= 4 is 44.1 Å². The highest BCUT2D eigenvalue weighted by Gasteiger charge is 2.26. The molecular weight excluding hydrogens is 598 g/mol. The van der Waals surface area contributed by atoms with E-state index in [2.05, 4.69) is 39.5 Å². The number of aryl methyl sites for hydroxylation is 1. The van der Waals surface area contributed by atoms with Crippen molar-refractivity contribution in [1.29, 1.82) is 0 Å². The maximum Gasteiger partial charge on any atom is 0.404 e. The summed E-state index contributed by atoms with van der Waals surface area (Å²) in [6.45, 7) is 6.92. The highest BCUT2D eigenvalue weighted by Crippen LogP contribution is 2.27. The van der Waals surface area contributed by atoms with Gasteiger partial charge in [0.05, 0.1) is 16.7 Å². The summed E-state index contributed by atoms with van der Waals surface area (Å²) in [6, 6.07) is 7.73. The van der Waals surface area contributed by atoms with Gasteiger partial charge in [-0.05, 0) is 45.2 Å². The highest BCUT2D eigenvalue weighted by atomic mass is 32.2. The topological polar surface area (TPSA) is 211 Å². The smallest absolute Gasteiger partial charge is 0.404 e. The number of thiazole rings is 1. The standard InChI is InChI=1S/C20H25N7O3S.C7H8O3S.H2O/c1-3-12(2)22-16-10-15(18(28)26-6-4-13(5-7-26)23-20(29)30)24-17(25-16)14-11-21-27-8-9-31-19(14)27;1-6-2-4-7(5-3-6)11(8,9)10;/h8-13,23H,3-7H2,1-2H3,(H,29,30)(H,22,24,25);2-5H,1H3,(H,8,9,10);1H2. The third-order valence-electron chi connectivity index (χ3n) is 6.75. The number of hydrogen-bond acceptors (Lipinski definition) is 9. The summed E-state index contributed by atoms with van der Waals surface area (Å²) in [7, 11) is -4.02. The van der Waals surface area contributed by atoms with E-state index in [1.54, 1.807) is 33.8 Å². The number of nitrogens with zero attached hydrogens (tertiary/aromatic N) is 5. The lowest BCUT2D eigenvalue weighted by Gasteiger charge is -2.31. The number of benzene rings is 1. The zero-order chi connectivity index (χ0) is 30.4. The average molecular weight is 634 g/mol. The summed E-state index contributed by atoms with van der Waals surface area (Å²) in [5, 5.41) is 21.0. The Hall–Kier alpha value is -4.12. The molecule has 1 fully saturated rings. The Kier molecular flexibility index (Phi) is 11.2. The van der Waals surface area contributed by atoms with E-state index in [1.807, 2.05) is 18.5 Å². The lowest BCUT2D eigenvalue weighted by atomic mass is 10.0. The summed E-state index contributed by atoms with van der Waals surface area (Å²) in [6.07, 6.45) is 4.61. The van der Waals surface area contributed by atoms with Gasteiger partial charge in [0.2, 0.25) is 0 Å². The molecule has 0 bridgehead atoms. The number of carbonyl (C=O) groups excluding carboxylic acids is 1. The number of hydrogen-bond donors (Lipinski definition) is 4. The van der Waals surface area contributed by atoms with Gasteiger partial charge in [0.1, 0.15) is 16.3 Å². The molecule has 1 aliphatic rings. The van der Waals surface area contributed by atoms with E-state index >= 15 is 0 Å². The molecule has 6 N–H and O–H groups in total. The van der Waals surface area contributed by atoms with Crippen molar-refractivity contribution in [3.8, 4) is 11.4 Å².